The summed E-state index contributed by atoms with van der Waals surface area (Å²) in [6, 6.07) is 12.1. The molecule has 2 aromatic carbocycles. The summed E-state index contributed by atoms with van der Waals surface area (Å²) in [4.78, 5) is 0. The average molecular weight is 229 g/mol. The molecule has 0 amide bonds. The van der Waals surface area contributed by atoms with Gasteiger partial charge in [-0.2, -0.15) is 5.26 Å². The standard InChI is InChI=1S/C14H12FNO/c15-13-5-4-11-7-10(1-3-12(11)8-13)2-6-14(17)9-16/h1,3-5,7-8,14,17H,2,6H2. The van der Waals surface area contributed by atoms with E-state index in [1.165, 1.54) is 12.1 Å². The van der Waals surface area contributed by atoms with Crippen molar-refractivity contribution in [2.45, 2.75) is 18.9 Å². The number of hydrogen-bond donors (Lipinski definition) is 1. The molecule has 0 saturated carbocycles. The Balaban J connectivity index is 2.21. The van der Waals surface area contributed by atoms with Gasteiger partial charge in [-0.3, -0.25) is 0 Å². The Kier molecular flexibility index (Phi) is 3.36. The Bertz CT molecular complexity index is 574. The molecule has 1 N–H and O–H groups in total. The Morgan fingerprint density at radius 2 is 1.88 bits per heavy atom. The number of nitrogens with zero attached hydrogens (tertiary/aromatic N) is 1. The van der Waals surface area contributed by atoms with Crippen molar-refractivity contribution in [2.75, 3.05) is 0 Å². The SMILES string of the molecule is N#CC(O)CCc1ccc2cc(F)ccc2c1. The molecule has 0 heterocycles. The highest BCUT2D eigenvalue weighted by Gasteiger charge is 2.03. The van der Waals surface area contributed by atoms with E-state index in [0.717, 1.165) is 16.3 Å². The fourth-order valence-corrected chi connectivity index (χ4v) is 1.79. The molecular formula is C14H12FNO. The van der Waals surface area contributed by atoms with Gasteiger partial charge in [0.15, 0.2) is 0 Å². The number of halogens is 1. The largest absolute Gasteiger partial charge is 0.378 e. The van der Waals surface area contributed by atoms with Gasteiger partial charge < -0.3 is 5.11 Å². The van der Waals surface area contributed by atoms with Crippen molar-refractivity contribution < 1.29 is 9.50 Å². The van der Waals surface area contributed by atoms with E-state index in [9.17, 15) is 4.39 Å². The van der Waals surface area contributed by atoms with Gasteiger partial charge in [0, 0.05) is 0 Å². The summed E-state index contributed by atoms with van der Waals surface area (Å²) in [6.45, 7) is 0. The Morgan fingerprint density at radius 1 is 1.18 bits per heavy atom. The van der Waals surface area contributed by atoms with Crippen LogP contribution in [0.25, 0.3) is 10.8 Å². The molecule has 2 rings (SSSR count). The van der Waals surface area contributed by atoms with Gasteiger partial charge in [0.1, 0.15) is 11.9 Å². The molecule has 0 fully saturated rings. The minimum absolute atomic E-state index is 0.245. The molecule has 0 aliphatic rings. The second-order valence-electron chi connectivity index (χ2n) is 4.01. The molecular weight excluding hydrogens is 217 g/mol. The molecule has 0 spiro atoms. The smallest absolute Gasteiger partial charge is 0.140 e. The van der Waals surface area contributed by atoms with Crippen molar-refractivity contribution >= 4 is 10.8 Å². The predicted molar refractivity (Wildman–Crippen MR) is 63.8 cm³/mol. The fourth-order valence-electron chi connectivity index (χ4n) is 1.79. The molecule has 0 aliphatic heterocycles. The highest BCUT2D eigenvalue weighted by atomic mass is 19.1. The third-order valence-electron chi connectivity index (χ3n) is 2.72. The van der Waals surface area contributed by atoms with Gasteiger partial charge >= 0.3 is 0 Å². The second kappa shape index (κ2) is 4.94. The van der Waals surface area contributed by atoms with Gasteiger partial charge in [0.2, 0.25) is 0 Å². The lowest BCUT2D eigenvalue weighted by Gasteiger charge is -2.04. The maximum absolute atomic E-state index is 13.0. The molecule has 0 radical (unpaired) electrons. The van der Waals surface area contributed by atoms with Crippen LogP contribution in [-0.2, 0) is 6.42 Å². The molecule has 2 aromatic rings. The fraction of sp³-hybridized carbons (Fsp3) is 0.214. The quantitative estimate of drug-likeness (QED) is 0.822. The lowest BCUT2D eigenvalue weighted by Crippen LogP contribution is -2.03. The van der Waals surface area contributed by atoms with Gasteiger partial charge in [-0.25, -0.2) is 4.39 Å². The zero-order chi connectivity index (χ0) is 12.3. The number of nitriles is 1. The molecule has 0 bridgehead atoms. The van der Waals surface area contributed by atoms with Crippen LogP contribution in [0, 0.1) is 17.1 Å². The first-order valence-corrected chi connectivity index (χ1v) is 5.45. The van der Waals surface area contributed by atoms with E-state index >= 15 is 0 Å². The average Bonchev–Trinajstić information content (AvgIpc) is 2.35. The van der Waals surface area contributed by atoms with Crippen LogP contribution in [0.3, 0.4) is 0 Å². The van der Waals surface area contributed by atoms with E-state index in [2.05, 4.69) is 0 Å². The maximum atomic E-state index is 13.0. The van der Waals surface area contributed by atoms with Crippen LogP contribution in [0.5, 0.6) is 0 Å². The minimum Gasteiger partial charge on any atom is -0.378 e. The lowest BCUT2D eigenvalue weighted by molar-refractivity contribution is 0.220. The monoisotopic (exact) mass is 229 g/mol. The van der Waals surface area contributed by atoms with Crippen LogP contribution >= 0.6 is 0 Å². The van der Waals surface area contributed by atoms with Crippen LogP contribution in [-0.4, -0.2) is 11.2 Å². The number of rotatable bonds is 3. The number of aliphatic hydroxyl groups is 1. The lowest BCUT2D eigenvalue weighted by atomic mass is 10.0. The van der Waals surface area contributed by atoms with Crippen molar-refractivity contribution in [1.29, 1.82) is 5.26 Å². The number of hydrogen-bond acceptors (Lipinski definition) is 2. The summed E-state index contributed by atoms with van der Waals surface area (Å²) in [5.74, 6) is -0.245. The van der Waals surface area contributed by atoms with Gasteiger partial charge in [-0.15, -0.1) is 0 Å². The van der Waals surface area contributed by atoms with Crippen molar-refractivity contribution in [3.05, 3.63) is 47.8 Å². The minimum atomic E-state index is -0.918. The van der Waals surface area contributed by atoms with Crippen LogP contribution in [0.2, 0.25) is 0 Å². The number of aryl methyl sites for hydroxylation is 1. The molecule has 17 heavy (non-hydrogen) atoms. The van der Waals surface area contributed by atoms with Crippen molar-refractivity contribution in [2.24, 2.45) is 0 Å². The van der Waals surface area contributed by atoms with Crippen LogP contribution < -0.4 is 0 Å². The van der Waals surface area contributed by atoms with Crippen LogP contribution in [0.15, 0.2) is 36.4 Å². The first-order chi connectivity index (χ1) is 8.19. The molecule has 0 aliphatic carbocycles. The Labute approximate surface area is 98.9 Å². The first-order valence-electron chi connectivity index (χ1n) is 5.45. The highest BCUT2D eigenvalue weighted by Crippen LogP contribution is 2.18. The summed E-state index contributed by atoms with van der Waals surface area (Å²) in [5, 5.41) is 19.5. The summed E-state index contributed by atoms with van der Waals surface area (Å²) in [6.07, 6.45) is 0.143. The van der Waals surface area contributed by atoms with E-state index in [1.807, 2.05) is 18.2 Å². The van der Waals surface area contributed by atoms with Gasteiger partial charge in [-0.05, 0) is 41.3 Å². The van der Waals surface area contributed by atoms with Crippen LogP contribution in [0.4, 0.5) is 4.39 Å². The summed E-state index contributed by atoms with van der Waals surface area (Å²) in [5.41, 5.74) is 1.04. The van der Waals surface area contributed by atoms with E-state index in [0.29, 0.717) is 12.8 Å². The topological polar surface area (TPSA) is 44.0 Å². The number of fused-ring (bicyclic) bond motifs is 1. The van der Waals surface area contributed by atoms with Gasteiger partial charge in [-0.1, -0.05) is 24.3 Å². The van der Waals surface area contributed by atoms with E-state index in [1.54, 1.807) is 12.1 Å². The normalized spacial score (nSPS) is 12.3. The van der Waals surface area contributed by atoms with Crippen molar-refractivity contribution in [1.82, 2.24) is 0 Å². The van der Waals surface area contributed by atoms with Gasteiger partial charge in [0.25, 0.3) is 0 Å². The Morgan fingerprint density at radius 3 is 2.65 bits per heavy atom. The van der Waals surface area contributed by atoms with Gasteiger partial charge in [0.05, 0.1) is 6.07 Å². The molecule has 3 heteroatoms. The summed E-state index contributed by atoms with van der Waals surface area (Å²) in [7, 11) is 0. The molecule has 0 aromatic heterocycles. The summed E-state index contributed by atoms with van der Waals surface area (Å²) >= 11 is 0. The van der Waals surface area contributed by atoms with E-state index in [4.69, 9.17) is 10.4 Å². The first kappa shape index (κ1) is 11.6. The Hall–Kier alpha value is -1.92. The third kappa shape index (κ3) is 2.80. The molecule has 1 atom stereocenters. The zero-order valence-corrected chi connectivity index (χ0v) is 9.23. The molecule has 1 unspecified atom stereocenters. The number of benzene rings is 2. The molecule has 2 nitrogen and oxygen atoms in total. The second-order valence-corrected chi connectivity index (χ2v) is 4.01. The van der Waals surface area contributed by atoms with Crippen molar-refractivity contribution in [3.63, 3.8) is 0 Å². The molecule has 0 saturated heterocycles. The highest BCUT2D eigenvalue weighted by molar-refractivity contribution is 5.83. The number of aliphatic hydroxyl groups excluding tert-OH is 1. The maximum Gasteiger partial charge on any atom is 0.140 e. The third-order valence-corrected chi connectivity index (χ3v) is 2.72. The van der Waals surface area contributed by atoms with Crippen LogP contribution in [0.1, 0.15) is 12.0 Å². The van der Waals surface area contributed by atoms with E-state index < -0.39 is 6.10 Å². The molecule has 86 valence electrons. The van der Waals surface area contributed by atoms with E-state index in [-0.39, 0.29) is 5.82 Å². The zero-order valence-electron chi connectivity index (χ0n) is 9.23. The predicted octanol–water partition coefficient (Wildman–Crippen LogP) is 2.80. The summed E-state index contributed by atoms with van der Waals surface area (Å²) < 4.78 is 13.0. The van der Waals surface area contributed by atoms with Crippen molar-refractivity contribution in [3.8, 4) is 6.07 Å².